The SMILES string of the molecule is Nc1cc(F)cc(CN2CCCc3ccccc3C2=O)c1. The number of fused-ring (bicyclic) bond motifs is 1. The van der Waals surface area contributed by atoms with Crippen molar-refractivity contribution in [3.63, 3.8) is 0 Å². The molecule has 0 bridgehead atoms. The summed E-state index contributed by atoms with van der Waals surface area (Å²) >= 11 is 0. The summed E-state index contributed by atoms with van der Waals surface area (Å²) in [5, 5.41) is 0. The van der Waals surface area contributed by atoms with Crippen LogP contribution in [0.4, 0.5) is 10.1 Å². The van der Waals surface area contributed by atoms with Crippen LogP contribution in [0.15, 0.2) is 42.5 Å². The van der Waals surface area contributed by atoms with Gasteiger partial charge in [0.2, 0.25) is 0 Å². The second kappa shape index (κ2) is 5.56. The maximum Gasteiger partial charge on any atom is 0.254 e. The number of carbonyl (C=O) groups excluding carboxylic acids is 1. The highest BCUT2D eigenvalue weighted by molar-refractivity contribution is 5.96. The number of amides is 1. The lowest BCUT2D eigenvalue weighted by Crippen LogP contribution is -2.30. The fourth-order valence-electron chi connectivity index (χ4n) is 2.82. The predicted molar refractivity (Wildman–Crippen MR) is 80.3 cm³/mol. The number of aryl methyl sites for hydroxylation is 1. The molecule has 0 spiro atoms. The molecular formula is C17H17FN2O. The quantitative estimate of drug-likeness (QED) is 0.862. The van der Waals surface area contributed by atoms with Crippen LogP contribution < -0.4 is 5.73 Å². The minimum Gasteiger partial charge on any atom is -0.399 e. The highest BCUT2D eigenvalue weighted by atomic mass is 19.1. The maximum atomic E-state index is 13.4. The number of benzene rings is 2. The molecule has 0 saturated carbocycles. The van der Waals surface area contributed by atoms with Crippen molar-refractivity contribution in [1.29, 1.82) is 0 Å². The molecule has 3 rings (SSSR count). The number of carbonyl (C=O) groups is 1. The van der Waals surface area contributed by atoms with Crippen molar-refractivity contribution in [3.8, 4) is 0 Å². The van der Waals surface area contributed by atoms with E-state index in [0.29, 0.717) is 18.8 Å². The van der Waals surface area contributed by atoms with Crippen molar-refractivity contribution in [2.24, 2.45) is 0 Å². The number of rotatable bonds is 2. The van der Waals surface area contributed by atoms with E-state index in [1.165, 1.54) is 12.1 Å². The number of nitrogens with two attached hydrogens (primary N) is 1. The molecule has 0 radical (unpaired) electrons. The molecule has 4 heteroatoms. The number of nitrogens with zero attached hydrogens (tertiary/aromatic N) is 1. The predicted octanol–water partition coefficient (Wildman–Crippen LogP) is 3.00. The van der Waals surface area contributed by atoms with Crippen LogP contribution in [0, 0.1) is 5.82 Å². The molecule has 3 nitrogen and oxygen atoms in total. The second-order valence-corrected chi connectivity index (χ2v) is 5.38. The van der Waals surface area contributed by atoms with E-state index in [-0.39, 0.29) is 11.7 Å². The smallest absolute Gasteiger partial charge is 0.254 e. The number of nitrogen functional groups attached to an aromatic ring is 1. The van der Waals surface area contributed by atoms with Crippen LogP contribution in [0.25, 0.3) is 0 Å². The van der Waals surface area contributed by atoms with E-state index in [0.717, 1.165) is 29.5 Å². The van der Waals surface area contributed by atoms with Gasteiger partial charge in [-0.3, -0.25) is 4.79 Å². The number of hydrogen-bond acceptors (Lipinski definition) is 2. The Labute approximate surface area is 123 Å². The van der Waals surface area contributed by atoms with Gasteiger partial charge >= 0.3 is 0 Å². The van der Waals surface area contributed by atoms with Crippen LogP contribution in [-0.2, 0) is 13.0 Å². The lowest BCUT2D eigenvalue weighted by Gasteiger charge is -2.21. The molecule has 1 aliphatic heterocycles. The summed E-state index contributed by atoms with van der Waals surface area (Å²) in [5.74, 6) is -0.362. The zero-order valence-corrected chi connectivity index (χ0v) is 11.7. The van der Waals surface area contributed by atoms with Crippen molar-refractivity contribution in [2.45, 2.75) is 19.4 Å². The molecule has 0 aliphatic carbocycles. The zero-order chi connectivity index (χ0) is 14.8. The highest BCUT2D eigenvalue weighted by Crippen LogP contribution is 2.21. The third-order valence-electron chi connectivity index (χ3n) is 3.76. The monoisotopic (exact) mass is 284 g/mol. The zero-order valence-electron chi connectivity index (χ0n) is 11.7. The summed E-state index contributed by atoms with van der Waals surface area (Å²) in [5.41, 5.74) is 8.60. The van der Waals surface area contributed by atoms with Crippen molar-refractivity contribution in [3.05, 3.63) is 65.0 Å². The molecule has 0 unspecified atom stereocenters. The molecule has 0 fully saturated rings. The van der Waals surface area contributed by atoms with Gasteiger partial charge in [-0.15, -0.1) is 0 Å². The Hall–Kier alpha value is -2.36. The summed E-state index contributed by atoms with van der Waals surface area (Å²) in [6, 6.07) is 12.1. The molecule has 2 aromatic rings. The van der Waals surface area contributed by atoms with Gasteiger partial charge in [-0.05, 0) is 48.2 Å². The van der Waals surface area contributed by atoms with Gasteiger partial charge in [-0.1, -0.05) is 18.2 Å². The lowest BCUT2D eigenvalue weighted by atomic mass is 10.0. The van der Waals surface area contributed by atoms with E-state index in [4.69, 9.17) is 5.73 Å². The standard InChI is InChI=1S/C17H17FN2O/c18-14-8-12(9-15(19)10-14)11-20-7-3-5-13-4-1-2-6-16(13)17(20)21/h1-2,4,6,8-10H,3,5,7,11,19H2. The van der Waals surface area contributed by atoms with E-state index in [9.17, 15) is 9.18 Å². The fourth-order valence-corrected chi connectivity index (χ4v) is 2.82. The molecule has 0 saturated heterocycles. The van der Waals surface area contributed by atoms with Crippen molar-refractivity contribution >= 4 is 11.6 Å². The van der Waals surface area contributed by atoms with Crippen LogP contribution in [0.5, 0.6) is 0 Å². The van der Waals surface area contributed by atoms with E-state index in [1.807, 2.05) is 24.3 Å². The molecular weight excluding hydrogens is 267 g/mol. The Morgan fingerprint density at radius 3 is 2.81 bits per heavy atom. The topological polar surface area (TPSA) is 46.3 Å². The van der Waals surface area contributed by atoms with E-state index >= 15 is 0 Å². The number of halogens is 1. The van der Waals surface area contributed by atoms with Crippen LogP contribution >= 0.6 is 0 Å². The van der Waals surface area contributed by atoms with Gasteiger partial charge < -0.3 is 10.6 Å². The average molecular weight is 284 g/mol. The first-order valence-corrected chi connectivity index (χ1v) is 7.05. The first-order chi connectivity index (χ1) is 10.1. The molecule has 1 heterocycles. The highest BCUT2D eigenvalue weighted by Gasteiger charge is 2.22. The van der Waals surface area contributed by atoms with E-state index in [1.54, 1.807) is 11.0 Å². The first-order valence-electron chi connectivity index (χ1n) is 7.05. The van der Waals surface area contributed by atoms with Crippen molar-refractivity contribution in [1.82, 2.24) is 4.90 Å². The third kappa shape index (κ3) is 2.89. The minimum atomic E-state index is -0.368. The van der Waals surface area contributed by atoms with Crippen LogP contribution in [0.3, 0.4) is 0 Å². The minimum absolute atomic E-state index is 0.00549. The maximum absolute atomic E-state index is 13.4. The summed E-state index contributed by atoms with van der Waals surface area (Å²) in [6.45, 7) is 1.05. The van der Waals surface area contributed by atoms with Gasteiger partial charge in [-0.2, -0.15) is 0 Å². The molecule has 108 valence electrons. The second-order valence-electron chi connectivity index (χ2n) is 5.38. The normalized spacial score (nSPS) is 14.7. The Morgan fingerprint density at radius 2 is 2.00 bits per heavy atom. The Kier molecular flexibility index (Phi) is 3.60. The Bertz CT molecular complexity index is 664. The van der Waals surface area contributed by atoms with Crippen LogP contribution in [0.2, 0.25) is 0 Å². The van der Waals surface area contributed by atoms with Crippen molar-refractivity contribution < 1.29 is 9.18 Å². The molecule has 0 aromatic heterocycles. The Morgan fingerprint density at radius 1 is 1.19 bits per heavy atom. The largest absolute Gasteiger partial charge is 0.399 e. The summed E-state index contributed by atoms with van der Waals surface area (Å²) < 4.78 is 13.4. The van der Waals surface area contributed by atoms with Crippen LogP contribution in [0.1, 0.15) is 27.9 Å². The Balaban J connectivity index is 1.87. The number of anilines is 1. The van der Waals surface area contributed by atoms with Crippen LogP contribution in [-0.4, -0.2) is 17.4 Å². The lowest BCUT2D eigenvalue weighted by molar-refractivity contribution is 0.0748. The van der Waals surface area contributed by atoms with E-state index < -0.39 is 0 Å². The molecule has 2 N–H and O–H groups in total. The van der Waals surface area contributed by atoms with Crippen molar-refractivity contribution in [2.75, 3.05) is 12.3 Å². The molecule has 1 aliphatic rings. The van der Waals surface area contributed by atoms with E-state index in [2.05, 4.69) is 0 Å². The summed E-state index contributed by atoms with van der Waals surface area (Å²) in [7, 11) is 0. The number of hydrogen-bond donors (Lipinski definition) is 1. The van der Waals surface area contributed by atoms with Gasteiger partial charge in [0, 0.05) is 24.3 Å². The van der Waals surface area contributed by atoms with Gasteiger partial charge in [0.1, 0.15) is 5.82 Å². The molecule has 2 aromatic carbocycles. The van der Waals surface area contributed by atoms with Gasteiger partial charge in [-0.25, -0.2) is 4.39 Å². The summed E-state index contributed by atoms with van der Waals surface area (Å²) in [4.78, 5) is 14.4. The summed E-state index contributed by atoms with van der Waals surface area (Å²) in [6.07, 6.45) is 1.80. The molecule has 1 amide bonds. The molecule has 0 atom stereocenters. The van der Waals surface area contributed by atoms with Gasteiger partial charge in [0.15, 0.2) is 0 Å². The first kappa shape index (κ1) is 13.6. The fraction of sp³-hybridized carbons (Fsp3) is 0.235. The third-order valence-corrected chi connectivity index (χ3v) is 3.76. The average Bonchev–Trinajstić information content (AvgIpc) is 2.59. The molecule has 21 heavy (non-hydrogen) atoms. The van der Waals surface area contributed by atoms with Gasteiger partial charge in [0.25, 0.3) is 5.91 Å². The van der Waals surface area contributed by atoms with Gasteiger partial charge in [0.05, 0.1) is 0 Å².